The van der Waals surface area contributed by atoms with Crippen LogP contribution in [0, 0.1) is 6.92 Å². The lowest BCUT2D eigenvalue weighted by Crippen LogP contribution is -2.31. The molecule has 0 atom stereocenters. The molecular weight excluding hydrogens is 310 g/mol. The molecule has 0 N–H and O–H groups in total. The van der Waals surface area contributed by atoms with Gasteiger partial charge in [-0.1, -0.05) is 24.6 Å². The third kappa shape index (κ3) is 3.58. The molecule has 0 aliphatic heterocycles. The predicted octanol–water partition coefficient (Wildman–Crippen LogP) is 2.65. The Bertz CT molecular complexity index is 735. The number of hydrogen-bond acceptors (Lipinski definition) is 4. The van der Waals surface area contributed by atoms with E-state index >= 15 is 0 Å². The van der Waals surface area contributed by atoms with Crippen molar-refractivity contribution < 1.29 is 8.42 Å². The van der Waals surface area contributed by atoms with Gasteiger partial charge in [0.1, 0.15) is 10.0 Å². The summed E-state index contributed by atoms with van der Waals surface area (Å²) in [5, 5.41) is -0.0202. The van der Waals surface area contributed by atoms with Crippen LogP contribution in [0.25, 0.3) is 0 Å². The first-order valence-electron chi connectivity index (χ1n) is 6.48. The number of aromatic nitrogens is 2. The molecule has 2 aromatic heterocycles. The molecule has 5 nitrogen and oxygen atoms in total. The highest BCUT2D eigenvalue weighted by molar-refractivity contribution is 7.89. The molecule has 0 saturated carbocycles. The molecule has 0 bridgehead atoms. The molecule has 2 rings (SSSR count). The fourth-order valence-corrected chi connectivity index (χ4v) is 3.79. The maximum Gasteiger partial charge on any atom is 0.246 e. The van der Waals surface area contributed by atoms with Crippen molar-refractivity contribution in [2.45, 2.75) is 25.3 Å². The van der Waals surface area contributed by atoms with Gasteiger partial charge in [-0.25, -0.2) is 13.4 Å². The second-order valence-electron chi connectivity index (χ2n) is 4.49. The van der Waals surface area contributed by atoms with Crippen molar-refractivity contribution in [1.29, 1.82) is 0 Å². The van der Waals surface area contributed by atoms with Gasteiger partial charge < -0.3 is 0 Å². The van der Waals surface area contributed by atoms with Crippen molar-refractivity contribution in [1.82, 2.24) is 14.3 Å². The zero-order chi connectivity index (χ0) is 15.5. The number of hydrogen-bond donors (Lipinski definition) is 0. The molecule has 0 amide bonds. The van der Waals surface area contributed by atoms with E-state index in [4.69, 9.17) is 11.6 Å². The monoisotopic (exact) mass is 325 g/mol. The first-order chi connectivity index (χ1) is 9.95. The Morgan fingerprint density at radius 2 is 2.00 bits per heavy atom. The van der Waals surface area contributed by atoms with Gasteiger partial charge in [-0.05, 0) is 31.2 Å². The number of halogens is 1. The van der Waals surface area contributed by atoms with E-state index in [1.807, 2.05) is 19.1 Å². The van der Waals surface area contributed by atoms with Gasteiger partial charge in [0.25, 0.3) is 0 Å². The van der Waals surface area contributed by atoms with Crippen molar-refractivity contribution in [2.24, 2.45) is 0 Å². The Kier molecular flexibility index (Phi) is 4.92. The third-order valence-electron chi connectivity index (χ3n) is 2.98. The van der Waals surface area contributed by atoms with E-state index < -0.39 is 10.0 Å². The van der Waals surface area contributed by atoms with Gasteiger partial charge in [0.15, 0.2) is 0 Å². The topological polar surface area (TPSA) is 63.2 Å². The number of pyridine rings is 2. The van der Waals surface area contributed by atoms with Gasteiger partial charge in [0.05, 0.1) is 12.2 Å². The number of aryl methyl sites for hydroxylation is 1. The van der Waals surface area contributed by atoms with E-state index in [-0.39, 0.29) is 16.6 Å². The molecular formula is C14H16ClN3O2S. The van der Waals surface area contributed by atoms with Gasteiger partial charge in [-0.2, -0.15) is 4.31 Å². The van der Waals surface area contributed by atoms with E-state index in [0.29, 0.717) is 12.2 Å². The predicted molar refractivity (Wildman–Crippen MR) is 81.5 cm³/mol. The lowest BCUT2D eigenvalue weighted by atomic mass is 10.3. The van der Waals surface area contributed by atoms with E-state index in [1.54, 1.807) is 19.1 Å². The minimum absolute atomic E-state index is 0.0150. The maximum atomic E-state index is 12.6. The smallest absolute Gasteiger partial charge is 0.246 e. The second kappa shape index (κ2) is 6.51. The summed E-state index contributed by atoms with van der Waals surface area (Å²) >= 11 is 5.91. The number of sulfonamides is 1. The maximum absolute atomic E-state index is 12.6. The Morgan fingerprint density at radius 1 is 1.24 bits per heavy atom. The van der Waals surface area contributed by atoms with Crippen LogP contribution in [-0.4, -0.2) is 29.2 Å². The summed E-state index contributed by atoms with van der Waals surface area (Å²) in [6, 6.07) is 8.53. The normalized spacial score (nSPS) is 11.8. The molecule has 0 saturated heterocycles. The quantitative estimate of drug-likeness (QED) is 0.793. The molecule has 2 heterocycles. The van der Waals surface area contributed by atoms with Crippen molar-refractivity contribution >= 4 is 21.6 Å². The van der Waals surface area contributed by atoms with Crippen molar-refractivity contribution in [2.75, 3.05) is 6.54 Å². The molecule has 7 heteroatoms. The van der Waals surface area contributed by atoms with E-state index in [1.165, 1.54) is 16.6 Å². The van der Waals surface area contributed by atoms with Crippen LogP contribution in [0.5, 0.6) is 0 Å². The standard InChI is InChI=1S/C14H16ClN3O2S/c1-3-18(10-12-7-4-6-11(2)17-12)21(19,20)13-8-5-9-16-14(13)15/h4-9H,3,10H2,1-2H3. The molecule has 0 fully saturated rings. The zero-order valence-corrected chi connectivity index (χ0v) is 13.4. The van der Waals surface area contributed by atoms with Crippen LogP contribution in [0.15, 0.2) is 41.4 Å². The zero-order valence-electron chi connectivity index (χ0n) is 11.8. The summed E-state index contributed by atoms with van der Waals surface area (Å²) in [5.74, 6) is 0. The Hall–Kier alpha value is -1.50. The molecule has 0 aromatic carbocycles. The van der Waals surface area contributed by atoms with Gasteiger partial charge in [0.2, 0.25) is 10.0 Å². The Balaban J connectivity index is 2.35. The van der Waals surface area contributed by atoms with Crippen molar-refractivity contribution in [3.63, 3.8) is 0 Å². The minimum atomic E-state index is -3.69. The lowest BCUT2D eigenvalue weighted by Gasteiger charge is -2.20. The van der Waals surface area contributed by atoms with Gasteiger partial charge in [0, 0.05) is 18.4 Å². The highest BCUT2D eigenvalue weighted by Gasteiger charge is 2.26. The molecule has 0 unspecified atom stereocenters. The fourth-order valence-electron chi connectivity index (χ4n) is 1.94. The fraction of sp³-hybridized carbons (Fsp3) is 0.286. The SMILES string of the molecule is CCN(Cc1cccc(C)n1)S(=O)(=O)c1cccnc1Cl. The van der Waals surface area contributed by atoms with E-state index in [2.05, 4.69) is 9.97 Å². The van der Waals surface area contributed by atoms with Crippen LogP contribution >= 0.6 is 11.6 Å². The highest BCUT2D eigenvalue weighted by atomic mass is 35.5. The summed E-state index contributed by atoms with van der Waals surface area (Å²) in [4.78, 5) is 8.18. The summed E-state index contributed by atoms with van der Waals surface area (Å²) in [6.07, 6.45) is 1.46. The Labute approximate surface area is 129 Å². The van der Waals surface area contributed by atoms with Gasteiger partial charge in [-0.3, -0.25) is 4.98 Å². The molecule has 0 radical (unpaired) electrons. The molecule has 0 spiro atoms. The van der Waals surface area contributed by atoms with E-state index in [0.717, 1.165) is 5.69 Å². The molecule has 21 heavy (non-hydrogen) atoms. The molecule has 0 aliphatic rings. The first-order valence-corrected chi connectivity index (χ1v) is 8.30. The molecule has 2 aromatic rings. The lowest BCUT2D eigenvalue weighted by molar-refractivity contribution is 0.418. The van der Waals surface area contributed by atoms with Crippen molar-refractivity contribution in [3.05, 3.63) is 53.1 Å². The average Bonchev–Trinajstić information content (AvgIpc) is 2.45. The number of rotatable bonds is 5. The summed E-state index contributed by atoms with van der Waals surface area (Å²) < 4.78 is 26.6. The average molecular weight is 326 g/mol. The van der Waals surface area contributed by atoms with Crippen LogP contribution in [0.2, 0.25) is 5.15 Å². The summed E-state index contributed by atoms with van der Waals surface area (Å²) in [5.41, 5.74) is 1.54. The summed E-state index contributed by atoms with van der Waals surface area (Å²) in [7, 11) is -3.69. The van der Waals surface area contributed by atoms with Crippen LogP contribution in [-0.2, 0) is 16.6 Å². The number of nitrogens with zero attached hydrogens (tertiary/aromatic N) is 3. The van der Waals surface area contributed by atoms with Crippen molar-refractivity contribution in [3.8, 4) is 0 Å². The second-order valence-corrected chi connectivity index (χ2v) is 6.76. The van der Waals surface area contributed by atoms with Gasteiger partial charge in [-0.15, -0.1) is 0 Å². The summed E-state index contributed by atoms with van der Waals surface area (Å²) in [6.45, 7) is 4.17. The van der Waals surface area contributed by atoms with Crippen LogP contribution in [0.3, 0.4) is 0 Å². The largest absolute Gasteiger partial charge is 0.257 e. The molecule has 0 aliphatic carbocycles. The van der Waals surface area contributed by atoms with Crippen LogP contribution in [0.4, 0.5) is 0 Å². The third-order valence-corrected chi connectivity index (χ3v) is 5.35. The van der Waals surface area contributed by atoms with Gasteiger partial charge >= 0.3 is 0 Å². The van der Waals surface area contributed by atoms with Crippen LogP contribution in [0.1, 0.15) is 18.3 Å². The van der Waals surface area contributed by atoms with E-state index in [9.17, 15) is 8.42 Å². The Morgan fingerprint density at radius 3 is 2.62 bits per heavy atom. The first kappa shape index (κ1) is 15.9. The van der Waals surface area contributed by atoms with Crippen LogP contribution < -0.4 is 0 Å². The minimum Gasteiger partial charge on any atom is -0.257 e. The molecule has 112 valence electrons. The highest BCUT2D eigenvalue weighted by Crippen LogP contribution is 2.23.